The predicted molar refractivity (Wildman–Crippen MR) is 84.6 cm³/mol. The van der Waals surface area contributed by atoms with Crippen molar-refractivity contribution in [3.63, 3.8) is 0 Å². The number of amides is 2. The normalized spacial score (nSPS) is 10.2. The van der Waals surface area contributed by atoms with Gasteiger partial charge in [0.1, 0.15) is 0 Å². The van der Waals surface area contributed by atoms with Gasteiger partial charge in [0.2, 0.25) is 5.91 Å². The van der Waals surface area contributed by atoms with E-state index in [4.69, 9.17) is 0 Å². The molecule has 7 heteroatoms. The highest BCUT2D eigenvalue weighted by Gasteiger charge is 2.14. The topological polar surface area (TPSA) is 76.0 Å². The molecule has 2 aromatic rings. The number of nitrogens with one attached hydrogen (secondary N) is 2. The van der Waals surface area contributed by atoms with Crippen molar-refractivity contribution in [2.75, 3.05) is 10.6 Å². The first-order chi connectivity index (χ1) is 9.45. The Morgan fingerprint density at radius 2 is 1.70 bits per heavy atom. The fourth-order valence-electron chi connectivity index (χ4n) is 1.64. The lowest BCUT2D eigenvalue weighted by Gasteiger charge is -2.06. The van der Waals surface area contributed by atoms with Crippen molar-refractivity contribution in [2.45, 2.75) is 6.92 Å². The van der Waals surface area contributed by atoms with Gasteiger partial charge in [-0.15, -0.1) is 0 Å². The zero-order valence-electron chi connectivity index (χ0n) is 11.0. The Balaban J connectivity index is 2.08. The van der Waals surface area contributed by atoms with E-state index in [9.17, 15) is 9.59 Å². The summed E-state index contributed by atoms with van der Waals surface area (Å²) in [6, 6.07) is 6.89. The highest BCUT2D eigenvalue weighted by Crippen LogP contribution is 2.16. The number of rotatable bonds is 3. The van der Waals surface area contributed by atoms with Crippen LogP contribution in [0.25, 0.3) is 0 Å². The molecule has 0 bridgehead atoms. The van der Waals surface area contributed by atoms with Gasteiger partial charge in [-0.25, -0.2) is 0 Å². The zero-order valence-corrected chi connectivity index (χ0v) is 13.1. The van der Waals surface area contributed by atoms with Crippen LogP contribution >= 0.6 is 22.6 Å². The lowest BCUT2D eigenvalue weighted by Crippen LogP contribution is -2.14. The van der Waals surface area contributed by atoms with E-state index in [0.29, 0.717) is 17.1 Å². The minimum absolute atomic E-state index is 0.134. The van der Waals surface area contributed by atoms with Crippen LogP contribution in [0.3, 0.4) is 0 Å². The van der Waals surface area contributed by atoms with E-state index in [2.05, 4.69) is 38.3 Å². The van der Waals surface area contributed by atoms with Crippen molar-refractivity contribution in [3.8, 4) is 0 Å². The second-order valence-corrected chi connectivity index (χ2v) is 5.37. The summed E-state index contributed by atoms with van der Waals surface area (Å²) in [4.78, 5) is 23.0. The first kappa shape index (κ1) is 14.5. The van der Waals surface area contributed by atoms with Gasteiger partial charge in [0.25, 0.3) is 5.91 Å². The predicted octanol–water partition coefficient (Wildman–Crippen LogP) is 2.24. The molecule has 6 nitrogen and oxygen atoms in total. The Labute approximate surface area is 129 Å². The van der Waals surface area contributed by atoms with Crippen LogP contribution in [0.1, 0.15) is 17.4 Å². The quantitative estimate of drug-likeness (QED) is 0.798. The minimum Gasteiger partial charge on any atom is -0.326 e. The molecule has 0 unspecified atom stereocenters. The van der Waals surface area contributed by atoms with Crippen molar-refractivity contribution < 1.29 is 9.59 Å². The Kier molecular flexibility index (Phi) is 4.38. The highest BCUT2D eigenvalue weighted by molar-refractivity contribution is 14.1. The Hall–Kier alpha value is -1.90. The maximum Gasteiger partial charge on any atom is 0.277 e. The SMILES string of the molecule is CC(=O)Nc1ccc(NC(=O)c2nn(C)cc2I)cc1. The Morgan fingerprint density at radius 1 is 1.15 bits per heavy atom. The molecular formula is C13H13IN4O2. The molecule has 1 aromatic carbocycles. The van der Waals surface area contributed by atoms with Gasteiger partial charge in [-0.3, -0.25) is 14.3 Å². The molecule has 2 amide bonds. The van der Waals surface area contributed by atoms with E-state index >= 15 is 0 Å². The van der Waals surface area contributed by atoms with Crippen LogP contribution in [0, 0.1) is 3.57 Å². The van der Waals surface area contributed by atoms with Gasteiger partial charge in [-0.1, -0.05) is 0 Å². The number of nitrogens with zero attached hydrogens (tertiary/aromatic N) is 2. The van der Waals surface area contributed by atoms with Gasteiger partial charge < -0.3 is 10.6 Å². The van der Waals surface area contributed by atoms with Crippen LogP contribution in [0.15, 0.2) is 30.5 Å². The average Bonchev–Trinajstić information content (AvgIpc) is 2.70. The highest BCUT2D eigenvalue weighted by atomic mass is 127. The van der Waals surface area contributed by atoms with Gasteiger partial charge in [-0.05, 0) is 46.9 Å². The third-order valence-corrected chi connectivity index (χ3v) is 3.25. The summed E-state index contributed by atoms with van der Waals surface area (Å²) >= 11 is 2.07. The lowest BCUT2D eigenvalue weighted by atomic mass is 10.2. The van der Waals surface area contributed by atoms with Crippen molar-refractivity contribution >= 4 is 45.8 Å². The zero-order chi connectivity index (χ0) is 14.7. The molecule has 1 heterocycles. The van der Waals surface area contributed by atoms with Crippen molar-refractivity contribution in [1.29, 1.82) is 0 Å². The van der Waals surface area contributed by atoms with Crippen LogP contribution in [-0.2, 0) is 11.8 Å². The van der Waals surface area contributed by atoms with Gasteiger partial charge >= 0.3 is 0 Å². The third kappa shape index (κ3) is 3.56. The van der Waals surface area contributed by atoms with Crippen LogP contribution in [0.2, 0.25) is 0 Å². The van der Waals surface area contributed by atoms with E-state index in [1.54, 1.807) is 42.2 Å². The molecular weight excluding hydrogens is 371 g/mol. The molecule has 0 aliphatic heterocycles. The van der Waals surface area contributed by atoms with Crippen molar-refractivity contribution in [3.05, 3.63) is 39.7 Å². The Bertz CT molecular complexity index is 649. The maximum atomic E-state index is 12.0. The Morgan fingerprint density at radius 3 is 2.15 bits per heavy atom. The summed E-state index contributed by atoms with van der Waals surface area (Å²) in [7, 11) is 1.77. The molecule has 0 spiro atoms. The van der Waals surface area contributed by atoms with Gasteiger partial charge in [0.05, 0.1) is 3.57 Å². The van der Waals surface area contributed by atoms with E-state index in [1.165, 1.54) is 6.92 Å². The van der Waals surface area contributed by atoms with Crippen molar-refractivity contribution in [2.24, 2.45) is 7.05 Å². The molecule has 0 aliphatic rings. The summed E-state index contributed by atoms with van der Waals surface area (Å²) in [6.45, 7) is 1.44. The number of hydrogen-bond acceptors (Lipinski definition) is 3. The molecule has 0 aliphatic carbocycles. The summed E-state index contributed by atoms with van der Waals surface area (Å²) in [6.07, 6.45) is 1.77. The summed E-state index contributed by atoms with van der Waals surface area (Å²) in [5.41, 5.74) is 1.72. The minimum atomic E-state index is -0.262. The molecule has 0 radical (unpaired) electrons. The van der Waals surface area contributed by atoms with E-state index < -0.39 is 0 Å². The van der Waals surface area contributed by atoms with Gasteiger partial charge in [0.15, 0.2) is 5.69 Å². The standard InChI is InChI=1S/C13H13IN4O2/c1-8(19)15-9-3-5-10(6-4-9)16-13(20)12-11(14)7-18(2)17-12/h3-7H,1-2H3,(H,15,19)(H,16,20). The number of hydrogen-bond donors (Lipinski definition) is 2. The molecule has 2 rings (SSSR count). The first-order valence-electron chi connectivity index (χ1n) is 5.84. The molecule has 1 aromatic heterocycles. The number of aromatic nitrogens is 2. The molecule has 20 heavy (non-hydrogen) atoms. The van der Waals surface area contributed by atoms with E-state index in [1.807, 2.05) is 0 Å². The van der Waals surface area contributed by atoms with E-state index in [-0.39, 0.29) is 11.8 Å². The number of halogens is 1. The van der Waals surface area contributed by atoms with Crippen LogP contribution < -0.4 is 10.6 Å². The smallest absolute Gasteiger partial charge is 0.277 e. The van der Waals surface area contributed by atoms with Crippen LogP contribution in [0.4, 0.5) is 11.4 Å². The molecule has 2 N–H and O–H groups in total. The summed E-state index contributed by atoms with van der Waals surface area (Å²) in [5.74, 6) is -0.396. The lowest BCUT2D eigenvalue weighted by molar-refractivity contribution is -0.114. The van der Waals surface area contributed by atoms with E-state index in [0.717, 1.165) is 3.57 Å². The average molecular weight is 384 g/mol. The monoisotopic (exact) mass is 384 g/mol. The number of carbonyl (C=O) groups excluding carboxylic acids is 2. The molecule has 0 atom stereocenters. The fourth-order valence-corrected chi connectivity index (χ4v) is 2.40. The molecule has 0 fully saturated rings. The second kappa shape index (κ2) is 6.04. The van der Waals surface area contributed by atoms with Gasteiger partial charge in [-0.2, -0.15) is 5.10 Å². The summed E-state index contributed by atoms with van der Waals surface area (Å²) < 4.78 is 2.38. The number of carbonyl (C=O) groups is 2. The first-order valence-corrected chi connectivity index (χ1v) is 6.92. The largest absolute Gasteiger partial charge is 0.326 e. The fraction of sp³-hybridized carbons (Fsp3) is 0.154. The second-order valence-electron chi connectivity index (χ2n) is 4.21. The van der Waals surface area contributed by atoms with Crippen LogP contribution in [0.5, 0.6) is 0 Å². The molecule has 0 saturated carbocycles. The van der Waals surface area contributed by atoms with Crippen LogP contribution in [-0.4, -0.2) is 21.6 Å². The third-order valence-electron chi connectivity index (χ3n) is 2.46. The van der Waals surface area contributed by atoms with Crippen molar-refractivity contribution in [1.82, 2.24) is 9.78 Å². The molecule has 104 valence electrons. The number of aryl methyl sites for hydroxylation is 1. The van der Waals surface area contributed by atoms with Gasteiger partial charge in [0, 0.05) is 31.5 Å². The molecule has 0 saturated heterocycles. The summed E-state index contributed by atoms with van der Waals surface area (Å²) in [5, 5.41) is 9.52. The maximum absolute atomic E-state index is 12.0. The number of anilines is 2. The number of benzene rings is 1.